The van der Waals surface area contributed by atoms with Crippen LogP contribution >= 0.6 is 0 Å². The van der Waals surface area contributed by atoms with Crippen molar-refractivity contribution in [2.45, 2.75) is 26.3 Å². The van der Waals surface area contributed by atoms with Crippen molar-refractivity contribution in [1.82, 2.24) is 5.32 Å². The van der Waals surface area contributed by atoms with Gasteiger partial charge in [0.15, 0.2) is 0 Å². The van der Waals surface area contributed by atoms with E-state index >= 15 is 0 Å². The third kappa shape index (κ3) is 3.05. The predicted octanol–water partition coefficient (Wildman–Crippen LogP) is 2.23. The van der Waals surface area contributed by atoms with Crippen molar-refractivity contribution in [2.24, 2.45) is 0 Å². The number of likely N-dealkylation sites (N-methyl/N-ethyl adjacent to an activating group) is 1. The van der Waals surface area contributed by atoms with Gasteiger partial charge in [0.05, 0.1) is 0 Å². The molecule has 0 spiro atoms. The first-order valence-corrected chi connectivity index (χ1v) is 4.39. The van der Waals surface area contributed by atoms with Crippen molar-refractivity contribution >= 4 is 0 Å². The molecule has 1 nitrogen and oxygen atoms in total. The number of nitrogens with one attached hydrogen (secondary N) is 1. The van der Waals surface area contributed by atoms with Gasteiger partial charge in [-0.1, -0.05) is 37.2 Å². The molecule has 1 aromatic rings. The van der Waals surface area contributed by atoms with Crippen LogP contribution in [0.3, 0.4) is 0 Å². The fourth-order valence-corrected chi connectivity index (χ4v) is 1.29. The number of benzene rings is 1. The average Bonchev–Trinajstić information content (AvgIpc) is 2.16. The van der Waals surface area contributed by atoms with Crippen LogP contribution in [0.15, 0.2) is 30.3 Å². The highest BCUT2D eigenvalue weighted by Gasteiger charge is 1.99. The predicted molar refractivity (Wildman–Crippen MR) is 53.3 cm³/mol. The van der Waals surface area contributed by atoms with Gasteiger partial charge in [-0.15, -0.1) is 0 Å². The van der Waals surface area contributed by atoms with Gasteiger partial charge < -0.3 is 5.32 Å². The van der Waals surface area contributed by atoms with E-state index in [4.69, 9.17) is 1.37 Å². The largest absolute Gasteiger partial charge is 0.314 e. The molecule has 1 rings (SSSR count). The van der Waals surface area contributed by atoms with Gasteiger partial charge in [0, 0.05) is 7.41 Å². The topological polar surface area (TPSA) is 12.0 Å². The first-order chi connectivity index (χ1) is 6.33. The van der Waals surface area contributed by atoms with Gasteiger partial charge in [-0.25, -0.2) is 0 Å². The summed E-state index contributed by atoms with van der Waals surface area (Å²) in [6.45, 7) is 3.40. The fourth-order valence-electron chi connectivity index (χ4n) is 1.29. The van der Waals surface area contributed by atoms with E-state index in [0.29, 0.717) is 12.9 Å². The highest BCUT2D eigenvalue weighted by atomic mass is 14.9. The van der Waals surface area contributed by atoms with Crippen LogP contribution in [0.1, 0.15) is 20.8 Å². The van der Waals surface area contributed by atoms with Crippen molar-refractivity contribution in [1.29, 1.82) is 0 Å². The zero-order valence-electron chi connectivity index (χ0n) is 8.59. The first-order valence-electron chi connectivity index (χ1n) is 5.10. The van der Waals surface area contributed by atoms with Gasteiger partial charge in [0.25, 0.3) is 0 Å². The first kappa shape index (κ1) is 7.81. The summed E-state index contributed by atoms with van der Waals surface area (Å²) < 4.78 is 7.01. The molecular formula is C11H17N. The monoisotopic (exact) mass is 164 g/mol. The molecule has 0 saturated carbocycles. The van der Waals surface area contributed by atoms with Crippen LogP contribution in [0.5, 0.6) is 0 Å². The second-order valence-electron chi connectivity index (χ2n) is 3.04. The van der Waals surface area contributed by atoms with Crippen molar-refractivity contribution in [3.8, 4) is 0 Å². The standard InChI is InChI=1S/C11H17N/c1-3-12-10(2)9-11-7-5-4-6-8-11/h4-8,10,12H,3,9H2,1-2H3/i1D. The van der Waals surface area contributed by atoms with E-state index in [1.54, 1.807) is 0 Å². The summed E-state index contributed by atoms with van der Waals surface area (Å²) in [4.78, 5) is 0. The van der Waals surface area contributed by atoms with Gasteiger partial charge >= 0.3 is 0 Å². The van der Waals surface area contributed by atoms with E-state index in [0.717, 1.165) is 13.0 Å². The smallest absolute Gasteiger partial charge is 0.0243 e. The molecule has 0 aromatic heterocycles. The highest BCUT2D eigenvalue weighted by molar-refractivity contribution is 5.15. The Balaban J connectivity index is 2.32. The molecule has 0 heterocycles. The Morgan fingerprint density at radius 2 is 2.17 bits per heavy atom. The lowest BCUT2D eigenvalue weighted by Gasteiger charge is -2.11. The molecule has 0 radical (unpaired) electrons. The molecule has 0 saturated heterocycles. The molecule has 0 fully saturated rings. The zero-order chi connectivity index (χ0) is 9.52. The molecule has 12 heavy (non-hydrogen) atoms. The lowest BCUT2D eigenvalue weighted by atomic mass is 10.1. The maximum absolute atomic E-state index is 7.01. The summed E-state index contributed by atoms with van der Waals surface area (Å²) in [7, 11) is 0. The fraction of sp³-hybridized carbons (Fsp3) is 0.455. The maximum Gasteiger partial charge on any atom is 0.0243 e. The van der Waals surface area contributed by atoms with E-state index in [1.807, 2.05) is 6.07 Å². The molecule has 1 aromatic carbocycles. The Bertz CT molecular complexity index is 223. The van der Waals surface area contributed by atoms with E-state index < -0.39 is 0 Å². The van der Waals surface area contributed by atoms with Gasteiger partial charge in [0.1, 0.15) is 0 Å². The second-order valence-corrected chi connectivity index (χ2v) is 3.04. The lowest BCUT2D eigenvalue weighted by Crippen LogP contribution is -2.27. The summed E-state index contributed by atoms with van der Waals surface area (Å²) in [6, 6.07) is 10.9. The molecule has 1 heteroatoms. The quantitative estimate of drug-likeness (QED) is 0.719. The Morgan fingerprint density at radius 3 is 2.83 bits per heavy atom. The van der Waals surface area contributed by atoms with Gasteiger partial charge in [-0.3, -0.25) is 0 Å². The third-order valence-corrected chi connectivity index (χ3v) is 1.88. The van der Waals surface area contributed by atoms with Crippen LogP contribution in [0, 0.1) is 0 Å². The molecule has 1 N–H and O–H groups in total. The third-order valence-electron chi connectivity index (χ3n) is 1.88. The SMILES string of the molecule is [2H]CCNC(C)Cc1ccccc1. The minimum Gasteiger partial charge on any atom is -0.314 e. The number of hydrogen-bond donors (Lipinski definition) is 1. The van der Waals surface area contributed by atoms with Crippen molar-refractivity contribution in [2.75, 3.05) is 6.54 Å². The molecule has 0 aliphatic carbocycles. The normalized spacial score (nSPS) is 13.9. The maximum atomic E-state index is 7.01. The number of rotatable bonds is 4. The average molecular weight is 164 g/mol. The van der Waals surface area contributed by atoms with Crippen LogP contribution in [-0.4, -0.2) is 12.6 Å². The molecular weight excluding hydrogens is 146 g/mol. The van der Waals surface area contributed by atoms with Crippen molar-refractivity contribution in [3.05, 3.63) is 35.9 Å². The van der Waals surface area contributed by atoms with Crippen molar-refractivity contribution in [3.63, 3.8) is 0 Å². The molecule has 0 aliphatic heterocycles. The van der Waals surface area contributed by atoms with Gasteiger partial charge in [-0.05, 0) is 25.5 Å². The Kier molecular flexibility index (Phi) is 3.21. The molecule has 66 valence electrons. The summed E-state index contributed by atoms with van der Waals surface area (Å²) in [6.07, 6.45) is 1.04. The molecule has 0 bridgehead atoms. The highest BCUT2D eigenvalue weighted by Crippen LogP contribution is 2.01. The summed E-state index contributed by atoms with van der Waals surface area (Å²) in [5.41, 5.74) is 1.35. The minimum atomic E-state index is 0.457. The van der Waals surface area contributed by atoms with Crippen LogP contribution < -0.4 is 5.32 Å². The van der Waals surface area contributed by atoms with Gasteiger partial charge in [-0.2, -0.15) is 0 Å². The second kappa shape index (κ2) is 4.94. The lowest BCUT2D eigenvalue weighted by molar-refractivity contribution is 0.565. The Morgan fingerprint density at radius 1 is 1.42 bits per heavy atom. The molecule has 1 unspecified atom stereocenters. The minimum absolute atomic E-state index is 0.457. The van der Waals surface area contributed by atoms with E-state index in [2.05, 4.69) is 36.5 Å². The van der Waals surface area contributed by atoms with Crippen molar-refractivity contribution < 1.29 is 1.37 Å². The van der Waals surface area contributed by atoms with E-state index in [1.165, 1.54) is 5.56 Å². The molecule has 0 aliphatic rings. The summed E-state index contributed by atoms with van der Waals surface area (Å²) in [5, 5.41) is 3.29. The zero-order valence-corrected chi connectivity index (χ0v) is 7.59. The molecule has 1 atom stereocenters. The van der Waals surface area contributed by atoms with Gasteiger partial charge in [0.2, 0.25) is 0 Å². The number of hydrogen-bond acceptors (Lipinski definition) is 1. The Hall–Kier alpha value is -0.820. The van der Waals surface area contributed by atoms with Crippen LogP contribution in [0.25, 0.3) is 0 Å². The summed E-state index contributed by atoms with van der Waals surface area (Å²) >= 11 is 0. The molecule has 0 amide bonds. The van der Waals surface area contributed by atoms with E-state index in [9.17, 15) is 0 Å². The van der Waals surface area contributed by atoms with E-state index in [-0.39, 0.29) is 0 Å². The van der Waals surface area contributed by atoms with Crippen LogP contribution in [0.4, 0.5) is 0 Å². The van der Waals surface area contributed by atoms with Crippen LogP contribution in [0.2, 0.25) is 0 Å². The summed E-state index contributed by atoms with van der Waals surface area (Å²) in [5.74, 6) is 0. The van der Waals surface area contributed by atoms with Crippen LogP contribution in [-0.2, 0) is 6.42 Å². The Labute approximate surface area is 76.2 Å².